The van der Waals surface area contributed by atoms with Crippen molar-refractivity contribution < 1.29 is 9.90 Å². The summed E-state index contributed by atoms with van der Waals surface area (Å²) in [6, 6.07) is 9.34. The highest BCUT2D eigenvalue weighted by Crippen LogP contribution is 2.25. The van der Waals surface area contributed by atoms with Crippen molar-refractivity contribution in [3.63, 3.8) is 0 Å². The van der Waals surface area contributed by atoms with Gasteiger partial charge in [0.2, 0.25) is 5.91 Å². The molecule has 1 fully saturated rings. The van der Waals surface area contributed by atoms with Crippen LogP contribution in [0.15, 0.2) is 30.3 Å². The normalized spacial score (nSPS) is 24.5. The van der Waals surface area contributed by atoms with E-state index in [9.17, 15) is 9.90 Å². The van der Waals surface area contributed by atoms with Crippen molar-refractivity contribution in [2.75, 3.05) is 13.2 Å². The molecule has 1 aliphatic rings. The van der Waals surface area contributed by atoms with Crippen LogP contribution in [-0.2, 0) is 4.79 Å². The summed E-state index contributed by atoms with van der Waals surface area (Å²) in [5.41, 5.74) is 7.05. The van der Waals surface area contributed by atoms with Gasteiger partial charge in [0, 0.05) is 19.0 Å². The first-order chi connectivity index (χ1) is 9.13. The van der Waals surface area contributed by atoms with E-state index < -0.39 is 0 Å². The number of carbonyl (C=O) groups excluding carboxylic acids is 1. The van der Waals surface area contributed by atoms with Gasteiger partial charge in [-0.3, -0.25) is 4.79 Å². The van der Waals surface area contributed by atoms with Gasteiger partial charge in [-0.15, -0.1) is 0 Å². The zero-order valence-electron chi connectivity index (χ0n) is 11.3. The molecule has 1 aromatic carbocycles. The fraction of sp³-hybridized carbons (Fsp3) is 0.533. The topological polar surface area (TPSA) is 66.6 Å². The van der Waals surface area contributed by atoms with E-state index in [1.807, 2.05) is 30.3 Å². The van der Waals surface area contributed by atoms with E-state index in [0.717, 1.165) is 18.5 Å². The van der Waals surface area contributed by atoms with Crippen LogP contribution in [0.4, 0.5) is 0 Å². The summed E-state index contributed by atoms with van der Waals surface area (Å²) in [4.78, 5) is 14.1. The number of hydrogen-bond acceptors (Lipinski definition) is 3. The van der Waals surface area contributed by atoms with Crippen molar-refractivity contribution in [1.29, 1.82) is 0 Å². The van der Waals surface area contributed by atoms with Crippen LogP contribution in [0, 0.1) is 5.92 Å². The van der Waals surface area contributed by atoms with Crippen LogP contribution in [-0.4, -0.2) is 35.1 Å². The van der Waals surface area contributed by atoms with Crippen molar-refractivity contribution in [3.05, 3.63) is 35.9 Å². The average Bonchev–Trinajstić information content (AvgIpc) is 2.80. The van der Waals surface area contributed by atoms with Crippen molar-refractivity contribution in [1.82, 2.24) is 4.90 Å². The van der Waals surface area contributed by atoms with Gasteiger partial charge in [0.05, 0.1) is 12.6 Å². The standard InChI is InChI=1S/C15H22N2O2/c1-11-7-8-17(14(11)10-18)15(19)9-13(16)12-5-3-2-4-6-12/h2-6,11,13-14,18H,7-10,16H2,1H3. The van der Waals surface area contributed by atoms with Crippen molar-refractivity contribution in [3.8, 4) is 0 Å². The summed E-state index contributed by atoms with van der Waals surface area (Å²) in [5, 5.41) is 9.38. The fourth-order valence-corrected chi connectivity index (χ4v) is 2.72. The zero-order chi connectivity index (χ0) is 13.8. The highest BCUT2D eigenvalue weighted by molar-refractivity contribution is 5.77. The number of carbonyl (C=O) groups is 1. The van der Waals surface area contributed by atoms with Crippen LogP contribution >= 0.6 is 0 Å². The van der Waals surface area contributed by atoms with Gasteiger partial charge in [-0.05, 0) is 17.9 Å². The Kier molecular flexibility index (Phi) is 4.56. The lowest BCUT2D eigenvalue weighted by molar-refractivity contribution is -0.133. The number of rotatable bonds is 4. The van der Waals surface area contributed by atoms with Gasteiger partial charge < -0.3 is 15.7 Å². The molecule has 1 heterocycles. The molecule has 0 saturated carbocycles. The van der Waals surface area contributed by atoms with E-state index in [1.54, 1.807) is 4.90 Å². The molecule has 1 saturated heterocycles. The summed E-state index contributed by atoms with van der Waals surface area (Å²) in [5.74, 6) is 0.404. The maximum Gasteiger partial charge on any atom is 0.224 e. The number of aliphatic hydroxyl groups is 1. The average molecular weight is 262 g/mol. The van der Waals surface area contributed by atoms with Gasteiger partial charge >= 0.3 is 0 Å². The minimum atomic E-state index is -0.274. The van der Waals surface area contributed by atoms with E-state index >= 15 is 0 Å². The van der Waals surface area contributed by atoms with E-state index in [4.69, 9.17) is 5.73 Å². The Balaban J connectivity index is 1.98. The minimum absolute atomic E-state index is 0.0352. The Morgan fingerprint density at radius 2 is 2.16 bits per heavy atom. The lowest BCUT2D eigenvalue weighted by Crippen LogP contribution is -2.40. The smallest absolute Gasteiger partial charge is 0.224 e. The molecule has 0 aromatic heterocycles. The van der Waals surface area contributed by atoms with Crippen LogP contribution in [0.1, 0.15) is 31.4 Å². The second-order valence-corrected chi connectivity index (χ2v) is 5.32. The molecule has 3 unspecified atom stereocenters. The highest BCUT2D eigenvalue weighted by Gasteiger charge is 2.34. The summed E-state index contributed by atoms with van der Waals surface area (Å²) in [7, 11) is 0. The molecule has 1 aromatic rings. The molecule has 4 nitrogen and oxygen atoms in total. The van der Waals surface area contributed by atoms with Crippen LogP contribution in [0.2, 0.25) is 0 Å². The summed E-state index contributed by atoms with van der Waals surface area (Å²) < 4.78 is 0. The van der Waals surface area contributed by atoms with Crippen LogP contribution in [0.3, 0.4) is 0 Å². The molecule has 0 spiro atoms. The van der Waals surface area contributed by atoms with Crippen LogP contribution in [0.25, 0.3) is 0 Å². The molecule has 0 radical (unpaired) electrons. The Morgan fingerprint density at radius 1 is 1.47 bits per heavy atom. The number of nitrogens with two attached hydrogens (primary N) is 1. The lowest BCUT2D eigenvalue weighted by atomic mass is 10.0. The Bertz CT molecular complexity index is 421. The van der Waals surface area contributed by atoms with E-state index in [0.29, 0.717) is 12.3 Å². The SMILES string of the molecule is CC1CCN(C(=O)CC(N)c2ccccc2)C1CO. The maximum absolute atomic E-state index is 12.3. The molecule has 3 N–H and O–H groups in total. The zero-order valence-corrected chi connectivity index (χ0v) is 11.3. The number of amides is 1. The maximum atomic E-state index is 12.3. The predicted octanol–water partition coefficient (Wildman–Crippen LogP) is 1.31. The molecule has 19 heavy (non-hydrogen) atoms. The van der Waals surface area contributed by atoms with Crippen molar-refractivity contribution in [2.24, 2.45) is 11.7 Å². The quantitative estimate of drug-likeness (QED) is 0.859. The Labute approximate surface area is 114 Å². The van der Waals surface area contributed by atoms with Gasteiger partial charge in [-0.25, -0.2) is 0 Å². The molecule has 3 atom stereocenters. The second kappa shape index (κ2) is 6.17. The van der Waals surface area contributed by atoms with Crippen molar-refractivity contribution >= 4 is 5.91 Å². The summed E-state index contributed by atoms with van der Waals surface area (Å²) in [6.45, 7) is 2.84. The molecule has 1 amide bonds. The van der Waals surface area contributed by atoms with E-state index in [-0.39, 0.29) is 24.6 Å². The number of likely N-dealkylation sites (tertiary alicyclic amines) is 1. The third-order valence-corrected chi connectivity index (χ3v) is 4.01. The largest absolute Gasteiger partial charge is 0.394 e. The molecule has 2 rings (SSSR count). The number of hydrogen-bond donors (Lipinski definition) is 2. The van der Waals surface area contributed by atoms with E-state index in [2.05, 4.69) is 6.92 Å². The Hall–Kier alpha value is -1.39. The first-order valence-corrected chi connectivity index (χ1v) is 6.84. The van der Waals surface area contributed by atoms with Crippen molar-refractivity contribution in [2.45, 2.75) is 31.8 Å². The van der Waals surface area contributed by atoms with Crippen LogP contribution < -0.4 is 5.73 Å². The lowest BCUT2D eigenvalue weighted by Gasteiger charge is -2.26. The molecular formula is C15H22N2O2. The second-order valence-electron chi connectivity index (χ2n) is 5.32. The molecule has 104 valence electrons. The third kappa shape index (κ3) is 3.14. The minimum Gasteiger partial charge on any atom is -0.394 e. The Morgan fingerprint density at radius 3 is 2.79 bits per heavy atom. The summed E-state index contributed by atoms with van der Waals surface area (Å²) in [6.07, 6.45) is 1.25. The number of aliphatic hydroxyl groups excluding tert-OH is 1. The van der Waals surface area contributed by atoms with E-state index in [1.165, 1.54) is 0 Å². The molecule has 4 heteroatoms. The van der Waals surface area contributed by atoms with Gasteiger partial charge in [0.25, 0.3) is 0 Å². The monoisotopic (exact) mass is 262 g/mol. The van der Waals surface area contributed by atoms with Crippen LogP contribution in [0.5, 0.6) is 0 Å². The summed E-state index contributed by atoms with van der Waals surface area (Å²) >= 11 is 0. The molecule has 0 aliphatic carbocycles. The first-order valence-electron chi connectivity index (χ1n) is 6.84. The van der Waals surface area contributed by atoms with Gasteiger partial charge in [0.1, 0.15) is 0 Å². The predicted molar refractivity (Wildman–Crippen MR) is 74.4 cm³/mol. The van der Waals surface area contributed by atoms with Gasteiger partial charge in [-0.1, -0.05) is 37.3 Å². The highest BCUT2D eigenvalue weighted by atomic mass is 16.3. The fourth-order valence-electron chi connectivity index (χ4n) is 2.72. The molecule has 0 bridgehead atoms. The molecule has 1 aliphatic heterocycles. The van der Waals surface area contributed by atoms with Gasteiger partial charge in [0.15, 0.2) is 0 Å². The number of nitrogens with zero attached hydrogens (tertiary/aromatic N) is 1. The number of benzene rings is 1. The van der Waals surface area contributed by atoms with Gasteiger partial charge in [-0.2, -0.15) is 0 Å². The third-order valence-electron chi connectivity index (χ3n) is 4.01. The molecular weight excluding hydrogens is 240 g/mol. The first kappa shape index (κ1) is 14.0.